The van der Waals surface area contributed by atoms with Gasteiger partial charge >= 0.3 is 0 Å². The number of nitrogens with zero attached hydrogens (tertiary/aromatic N) is 2. The number of carbonyl (C=O) groups is 1. The molecule has 30 heavy (non-hydrogen) atoms. The number of aryl methyl sites for hydroxylation is 3. The van der Waals surface area contributed by atoms with Gasteiger partial charge in [-0.3, -0.25) is 4.79 Å². The van der Waals surface area contributed by atoms with E-state index in [1.54, 1.807) is 6.92 Å². The topological polar surface area (TPSA) is 102 Å². The summed E-state index contributed by atoms with van der Waals surface area (Å²) in [5.74, 6) is 1.26. The molecule has 4 rings (SSSR count). The van der Waals surface area contributed by atoms with Crippen LogP contribution in [0.25, 0.3) is 11.1 Å². The number of aromatic nitrogens is 2. The SMILES string of the molecule is Cc1ncoc1C(=O)Nc1ccc(OCC2CCCCN2)c(-c2c(C)noc2C)c1. The summed E-state index contributed by atoms with van der Waals surface area (Å²) in [7, 11) is 0. The van der Waals surface area contributed by atoms with Crippen molar-refractivity contribution in [3.63, 3.8) is 0 Å². The van der Waals surface area contributed by atoms with Crippen molar-refractivity contribution < 1.29 is 18.5 Å². The van der Waals surface area contributed by atoms with Gasteiger partial charge in [0.15, 0.2) is 6.39 Å². The highest BCUT2D eigenvalue weighted by Crippen LogP contribution is 2.37. The number of benzene rings is 1. The van der Waals surface area contributed by atoms with E-state index >= 15 is 0 Å². The quantitative estimate of drug-likeness (QED) is 0.632. The number of anilines is 1. The van der Waals surface area contributed by atoms with E-state index in [9.17, 15) is 4.79 Å². The Labute approximate surface area is 175 Å². The third kappa shape index (κ3) is 4.23. The van der Waals surface area contributed by atoms with Crippen molar-refractivity contribution in [3.8, 4) is 16.9 Å². The number of carbonyl (C=O) groups excluding carboxylic acids is 1. The van der Waals surface area contributed by atoms with Gasteiger partial charge in [0.2, 0.25) is 5.76 Å². The first-order valence-corrected chi connectivity index (χ1v) is 10.2. The third-order valence-corrected chi connectivity index (χ3v) is 5.34. The number of ether oxygens (including phenoxy) is 1. The zero-order chi connectivity index (χ0) is 21.1. The van der Waals surface area contributed by atoms with Crippen LogP contribution in [0.1, 0.15) is 47.0 Å². The van der Waals surface area contributed by atoms with E-state index in [0.717, 1.165) is 35.5 Å². The van der Waals surface area contributed by atoms with Gasteiger partial charge in [0.1, 0.15) is 18.1 Å². The van der Waals surface area contributed by atoms with Gasteiger partial charge in [-0.1, -0.05) is 11.6 Å². The summed E-state index contributed by atoms with van der Waals surface area (Å²) < 4.78 is 16.7. The van der Waals surface area contributed by atoms with Crippen LogP contribution in [0.3, 0.4) is 0 Å². The van der Waals surface area contributed by atoms with Crippen molar-refractivity contribution in [2.45, 2.75) is 46.1 Å². The van der Waals surface area contributed by atoms with Crippen molar-refractivity contribution in [3.05, 3.63) is 47.5 Å². The van der Waals surface area contributed by atoms with Crippen LogP contribution in [0.15, 0.2) is 33.5 Å². The van der Waals surface area contributed by atoms with Crippen LogP contribution in [0.4, 0.5) is 5.69 Å². The Balaban J connectivity index is 1.61. The number of hydrogen-bond acceptors (Lipinski definition) is 7. The lowest BCUT2D eigenvalue weighted by Crippen LogP contribution is -2.38. The molecule has 8 heteroatoms. The normalized spacial score (nSPS) is 16.4. The monoisotopic (exact) mass is 410 g/mol. The number of oxazole rings is 1. The van der Waals surface area contributed by atoms with Gasteiger partial charge in [-0.25, -0.2) is 4.98 Å². The molecule has 158 valence electrons. The molecule has 1 amide bonds. The Morgan fingerprint density at radius 2 is 2.13 bits per heavy atom. The molecule has 1 atom stereocenters. The summed E-state index contributed by atoms with van der Waals surface area (Å²) in [5.41, 5.74) is 3.62. The van der Waals surface area contributed by atoms with E-state index < -0.39 is 0 Å². The predicted molar refractivity (Wildman–Crippen MR) is 112 cm³/mol. The first-order chi connectivity index (χ1) is 14.5. The van der Waals surface area contributed by atoms with Crippen LogP contribution in [-0.4, -0.2) is 35.2 Å². The fourth-order valence-electron chi connectivity index (χ4n) is 3.76. The molecule has 2 N–H and O–H groups in total. The second-order valence-electron chi connectivity index (χ2n) is 7.59. The maximum atomic E-state index is 12.5. The van der Waals surface area contributed by atoms with Gasteiger partial charge < -0.3 is 24.3 Å². The van der Waals surface area contributed by atoms with E-state index in [2.05, 4.69) is 20.8 Å². The molecule has 1 aliphatic rings. The second-order valence-corrected chi connectivity index (χ2v) is 7.59. The van der Waals surface area contributed by atoms with Crippen LogP contribution in [0.5, 0.6) is 5.75 Å². The summed E-state index contributed by atoms with van der Waals surface area (Å²) >= 11 is 0. The molecule has 0 aliphatic carbocycles. The average molecular weight is 410 g/mol. The molecule has 0 radical (unpaired) electrons. The summed E-state index contributed by atoms with van der Waals surface area (Å²) in [6, 6.07) is 5.90. The fourth-order valence-corrected chi connectivity index (χ4v) is 3.76. The highest BCUT2D eigenvalue weighted by atomic mass is 16.5. The van der Waals surface area contributed by atoms with Crippen LogP contribution in [-0.2, 0) is 0 Å². The zero-order valence-electron chi connectivity index (χ0n) is 17.4. The summed E-state index contributed by atoms with van der Waals surface area (Å²) in [4.78, 5) is 16.5. The summed E-state index contributed by atoms with van der Waals surface area (Å²) in [5, 5.41) is 10.4. The number of amides is 1. The first-order valence-electron chi connectivity index (χ1n) is 10.2. The van der Waals surface area contributed by atoms with Crippen LogP contribution in [0, 0.1) is 20.8 Å². The van der Waals surface area contributed by atoms with Crippen LogP contribution >= 0.6 is 0 Å². The Bertz CT molecular complexity index is 1010. The lowest BCUT2D eigenvalue weighted by atomic mass is 10.0. The van der Waals surface area contributed by atoms with E-state index in [0.29, 0.717) is 29.8 Å². The van der Waals surface area contributed by atoms with Crippen LogP contribution in [0.2, 0.25) is 0 Å². The molecule has 1 fully saturated rings. The lowest BCUT2D eigenvalue weighted by Gasteiger charge is -2.24. The van der Waals surface area contributed by atoms with E-state index in [4.69, 9.17) is 13.7 Å². The maximum Gasteiger partial charge on any atom is 0.293 e. The third-order valence-electron chi connectivity index (χ3n) is 5.34. The predicted octanol–water partition coefficient (Wildman–Crippen LogP) is 4.03. The second kappa shape index (κ2) is 8.71. The molecule has 2 aromatic heterocycles. The van der Waals surface area contributed by atoms with Gasteiger partial charge in [0, 0.05) is 17.3 Å². The molecule has 3 heterocycles. The van der Waals surface area contributed by atoms with Crippen LogP contribution < -0.4 is 15.4 Å². The Morgan fingerprint density at radius 3 is 2.80 bits per heavy atom. The Morgan fingerprint density at radius 1 is 1.27 bits per heavy atom. The Kier molecular flexibility index (Phi) is 5.85. The van der Waals surface area contributed by atoms with Gasteiger partial charge in [0.25, 0.3) is 5.91 Å². The minimum absolute atomic E-state index is 0.192. The van der Waals surface area contributed by atoms with Crippen molar-refractivity contribution in [2.75, 3.05) is 18.5 Å². The van der Waals surface area contributed by atoms with Crippen molar-refractivity contribution in [1.29, 1.82) is 0 Å². The van der Waals surface area contributed by atoms with Gasteiger partial charge in [-0.05, 0) is 58.4 Å². The molecular formula is C22H26N4O4. The first kappa shape index (κ1) is 20.2. The largest absolute Gasteiger partial charge is 0.491 e. The molecule has 1 aliphatic heterocycles. The number of nitrogens with one attached hydrogen (secondary N) is 2. The molecule has 0 spiro atoms. The lowest BCUT2D eigenvalue weighted by molar-refractivity contribution is 0.0996. The Hall–Kier alpha value is -3.13. The number of hydrogen-bond donors (Lipinski definition) is 2. The molecule has 1 aromatic carbocycles. The smallest absolute Gasteiger partial charge is 0.293 e. The van der Waals surface area contributed by atoms with Gasteiger partial charge in [-0.15, -0.1) is 0 Å². The molecule has 3 aromatic rings. The molecule has 1 unspecified atom stereocenters. The number of rotatable bonds is 6. The minimum atomic E-state index is -0.352. The molecule has 0 saturated carbocycles. The standard InChI is InChI=1S/C22H26N4O4/c1-13-20(15(3)30-26-13)18-10-16(25-22(27)21-14(2)24-12-29-21)7-8-19(18)28-11-17-6-4-5-9-23-17/h7-8,10,12,17,23H,4-6,9,11H2,1-3H3,(H,25,27). The average Bonchev–Trinajstić information content (AvgIpc) is 3.32. The van der Waals surface area contributed by atoms with E-state index in [-0.39, 0.29) is 11.7 Å². The van der Waals surface area contributed by atoms with E-state index in [1.807, 2.05) is 32.0 Å². The minimum Gasteiger partial charge on any atom is -0.491 e. The summed E-state index contributed by atoms with van der Waals surface area (Å²) in [6.45, 7) is 7.09. The van der Waals surface area contributed by atoms with Crippen molar-refractivity contribution >= 4 is 11.6 Å². The van der Waals surface area contributed by atoms with Crippen molar-refractivity contribution in [2.24, 2.45) is 0 Å². The highest BCUT2D eigenvalue weighted by molar-refractivity contribution is 6.03. The van der Waals surface area contributed by atoms with Gasteiger partial charge in [0.05, 0.1) is 17.0 Å². The van der Waals surface area contributed by atoms with Crippen molar-refractivity contribution in [1.82, 2.24) is 15.5 Å². The maximum absolute atomic E-state index is 12.5. The molecule has 8 nitrogen and oxygen atoms in total. The molecule has 1 saturated heterocycles. The number of piperidine rings is 1. The highest BCUT2D eigenvalue weighted by Gasteiger charge is 2.20. The van der Waals surface area contributed by atoms with E-state index in [1.165, 1.54) is 19.2 Å². The summed E-state index contributed by atoms with van der Waals surface area (Å²) in [6.07, 6.45) is 4.78. The molecule has 0 bridgehead atoms. The molecular weight excluding hydrogens is 384 g/mol. The fraction of sp³-hybridized carbons (Fsp3) is 0.409. The zero-order valence-corrected chi connectivity index (χ0v) is 17.4. The van der Waals surface area contributed by atoms with Gasteiger partial charge in [-0.2, -0.15) is 0 Å².